The summed E-state index contributed by atoms with van der Waals surface area (Å²) < 4.78 is 7.74. The summed E-state index contributed by atoms with van der Waals surface area (Å²) in [5, 5.41) is 13.8. The number of benzene rings is 1. The molecule has 3 rings (SSSR count). The summed E-state index contributed by atoms with van der Waals surface area (Å²) in [5.74, 6) is 0.448. The number of aliphatic hydroxyl groups is 1. The van der Waals surface area contributed by atoms with Crippen molar-refractivity contribution in [3.8, 4) is 0 Å². The highest BCUT2D eigenvalue weighted by atomic mass is 16.5. The fourth-order valence-electron chi connectivity index (χ4n) is 3.04. The van der Waals surface area contributed by atoms with E-state index in [1.54, 1.807) is 6.33 Å². The van der Waals surface area contributed by atoms with Gasteiger partial charge in [-0.3, -0.25) is 5.32 Å². The van der Waals surface area contributed by atoms with Crippen LogP contribution in [0.1, 0.15) is 26.2 Å². The van der Waals surface area contributed by atoms with Crippen LogP contribution in [0.25, 0.3) is 21.9 Å². The molecule has 0 fully saturated rings. The van der Waals surface area contributed by atoms with Gasteiger partial charge in [0, 0.05) is 18.5 Å². The molecular weight excluding hydrogens is 330 g/mol. The lowest BCUT2D eigenvalue weighted by Gasteiger charge is -2.12. The minimum Gasteiger partial charge on any atom is -0.382 e. The van der Waals surface area contributed by atoms with Crippen molar-refractivity contribution in [1.29, 1.82) is 0 Å². The zero-order chi connectivity index (χ0) is 18.4. The van der Waals surface area contributed by atoms with Crippen LogP contribution in [0.4, 0.5) is 5.82 Å². The molecule has 7 heteroatoms. The first kappa shape index (κ1) is 18.6. The SMILES string of the molecule is CCCCC(O)NCCOCCn1cnc2c(N)nc3ccccc3c21. The van der Waals surface area contributed by atoms with Crippen LogP contribution in [-0.2, 0) is 11.3 Å². The maximum absolute atomic E-state index is 9.74. The van der Waals surface area contributed by atoms with Crippen LogP contribution in [0, 0.1) is 0 Å². The van der Waals surface area contributed by atoms with Crippen molar-refractivity contribution in [2.24, 2.45) is 0 Å². The molecule has 0 aliphatic heterocycles. The summed E-state index contributed by atoms with van der Waals surface area (Å²) in [5.41, 5.74) is 8.63. The van der Waals surface area contributed by atoms with Gasteiger partial charge in [-0.1, -0.05) is 31.5 Å². The first-order valence-corrected chi connectivity index (χ1v) is 9.19. The summed E-state index contributed by atoms with van der Waals surface area (Å²) in [6.07, 6.45) is 4.22. The Morgan fingerprint density at radius 2 is 2.15 bits per heavy atom. The molecule has 0 spiro atoms. The molecule has 1 unspecified atom stereocenters. The highest BCUT2D eigenvalue weighted by Crippen LogP contribution is 2.26. The number of anilines is 1. The van der Waals surface area contributed by atoms with E-state index in [0.717, 1.165) is 41.2 Å². The van der Waals surface area contributed by atoms with Crippen molar-refractivity contribution in [1.82, 2.24) is 19.9 Å². The van der Waals surface area contributed by atoms with Gasteiger partial charge in [0.25, 0.3) is 0 Å². The molecule has 1 aromatic carbocycles. The molecule has 0 aliphatic carbocycles. The fraction of sp³-hybridized carbons (Fsp3) is 0.474. The number of nitrogens with two attached hydrogens (primary N) is 1. The van der Waals surface area contributed by atoms with Crippen LogP contribution in [0.15, 0.2) is 30.6 Å². The van der Waals surface area contributed by atoms with Crippen molar-refractivity contribution >= 4 is 27.8 Å². The van der Waals surface area contributed by atoms with E-state index in [9.17, 15) is 5.11 Å². The smallest absolute Gasteiger partial charge is 0.152 e. The van der Waals surface area contributed by atoms with E-state index < -0.39 is 6.23 Å². The molecule has 0 radical (unpaired) electrons. The van der Waals surface area contributed by atoms with Crippen molar-refractivity contribution in [3.05, 3.63) is 30.6 Å². The Labute approximate surface area is 153 Å². The number of nitrogens with one attached hydrogen (secondary N) is 1. The number of aliphatic hydroxyl groups excluding tert-OH is 1. The van der Waals surface area contributed by atoms with Crippen LogP contribution in [0.2, 0.25) is 0 Å². The molecule has 0 aliphatic rings. The largest absolute Gasteiger partial charge is 0.382 e. The molecule has 0 saturated heterocycles. The Morgan fingerprint density at radius 1 is 1.31 bits per heavy atom. The number of hydrogen-bond acceptors (Lipinski definition) is 6. The lowest BCUT2D eigenvalue weighted by atomic mass is 10.2. The first-order valence-electron chi connectivity index (χ1n) is 9.19. The fourth-order valence-corrected chi connectivity index (χ4v) is 3.04. The van der Waals surface area contributed by atoms with Gasteiger partial charge in [-0.15, -0.1) is 0 Å². The van der Waals surface area contributed by atoms with Crippen molar-refractivity contribution < 1.29 is 9.84 Å². The second kappa shape index (κ2) is 8.93. The van der Waals surface area contributed by atoms with Crippen molar-refractivity contribution in [2.45, 2.75) is 39.0 Å². The predicted molar refractivity (Wildman–Crippen MR) is 104 cm³/mol. The van der Waals surface area contributed by atoms with E-state index in [1.165, 1.54) is 0 Å². The molecule has 1 atom stereocenters. The van der Waals surface area contributed by atoms with Gasteiger partial charge in [0.05, 0.1) is 30.6 Å². The third kappa shape index (κ3) is 4.30. The average Bonchev–Trinajstić information content (AvgIpc) is 3.08. The van der Waals surface area contributed by atoms with Crippen molar-refractivity contribution in [2.75, 3.05) is 25.5 Å². The summed E-state index contributed by atoms with van der Waals surface area (Å²) >= 11 is 0. The zero-order valence-corrected chi connectivity index (χ0v) is 15.2. The highest BCUT2D eigenvalue weighted by molar-refractivity contribution is 6.06. The van der Waals surface area contributed by atoms with Gasteiger partial charge in [0.15, 0.2) is 5.82 Å². The third-order valence-electron chi connectivity index (χ3n) is 4.41. The molecule has 4 N–H and O–H groups in total. The topological polar surface area (TPSA) is 98.2 Å². The normalized spacial score (nSPS) is 12.8. The molecule has 3 aromatic rings. The van der Waals surface area contributed by atoms with Crippen LogP contribution in [0.3, 0.4) is 0 Å². The molecule has 2 heterocycles. The van der Waals surface area contributed by atoms with Crippen LogP contribution < -0.4 is 11.1 Å². The summed E-state index contributed by atoms with van der Waals surface area (Å²) in [6.45, 7) is 4.55. The Hall–Kier alpha value is -2.22. The Kier molecular flexibility index (Phi) is 6.38. The number of ether oxygens (including phenoxy) is 1. The Morgan fingerprint density at radius 3 is 3.00 bits per heavy atom. The van der Waals surface area contributed by atoms with Gasteiger partial charge in [-0.05, 0) is 18.9 Å². The minimum atomic E-state index is -0.446. The maximum atomic E-state index is 9.74. The van der Waals surface area contributed by atoms with Gasteiger partial charge in [0.2, 0.25) is 0 Å². The van der Waals surface area contributed by atoms with E-state index in [0.29, 0.717) is 32.1 Å². The molecular formula is C19H27N5O2. The number of nitrogens with zero attached hydrogens (tertiary/aromatic N) is 3. The second-order valence-electron chi connectivity index (χ2n) is 6.37. The highest BCUT2D eigenvalue weighted by Gasteiger charge is 2.11. The predicted octanol–water partition coefficient (Wildman–Crippen LogP) is 2.28. The molecule has 0 bridgehead atoms. The van der Waals surface area contributed by atoms with E-state index in [1.807, 2.05) is 24.3 Å². The number of fused-ring (bicyclic) bond motifs is 3. The van der Waals surface area contributed by atoms with Crippen LogP contribution in [-0.4, -0.2) is 45.6 Å². The number of para-hydroxylation sites is 1. The molecule has 2 aromatic heterocycles. The first-order chi connectivity index (χ1) is 12.7. The Bertz CT molecular complexity index is 848. The van der Waals surface area contributed by atoms with E-state index >= 15 is 0 Å². The van der Waals surface area contributed by atoms with Gasteiger partial charge in [0.1, 0.15) is 11.7 Å². The van der Waals surface area contributed by atoms with Gasteiger partial charge >= 0.3 is 0 Å². The summed E-state index contributed by atoms with van der Waals surface area (Å²) in [7, 11) is 0. The van der Waals surface area contributed by atoms with Crippen LogP contribution in [0.5, 0.6) is 0 Å². The number of unbranched alkanes of at least 4 members (excludes halogenated alkanes) is 1. The van der Waals surface area contributed by atoms with Crippen molar-refractivity contribution in [3.63, 3.8) is 0 Å². The van der Waals surface area contributed by atoms with Gasteiger partial charge in [-0.25, -0.2) is 9.97 Å². The number of imidazole rings is 1. The van der Waals surface area contributed by atoms with E-state index in [2.05, 4.69) is 26.8 Å². The number of nitrogen functional groups attached to an aromatic ring is 1. The lowest BCUT2D eigenvalue weighted by Crippen LogP contribution is -2.31. The molecule has 7 nitrogen and oxygen atoms in total. The van der Waals surface area contributed by atoms with E-state index in [-0.39, 0.29) is 0 Å². The molecule has 0 amide bonds. The Balaban J connectivity index is 1.55. The minimum absolute atomic E-state index is 0.446. The number of pyridine rings is 1. The monoisotopic (exact) mass is 357 g/mol. The molecule has 26 heavy (non-hydrogen) atoms. The standard InChI is InChI=1S/C19H27N5O2/c1-2-3-8-16(25)21-9-11-26-12-10-24-13-22-17-18(24)14-6-4-5-7-15(14)23-19(17)20/h4-7,13,16,21,25H,2-3,8-12H2,1H3,(H2,20,23). The zero-order valence-electron chi connectivity index (χ0n) is 15.2. The van der Waals surface area contributed by atoms with E-state index in [4.69, 9.17) is 10.5 Å². The number of rotatable bonds is 10. The summed E-state index contributed by atoms with van der Waals surface area (Å²) in [6, 6.07) is 7.93. The summed E-state index contributed by atoms with van der Waals surface area (Å²) in [4.78, 5) is 8.82. The third-order valence-corrected chi connectivity index (χ3v) is 4.41. The molecule has 140 valence electrons. The number of aromatic nitrogens is 3. The lowest BCUT2D eigenvalue weighted by molar-refractivity contribution is 0.0901. The second-order valence-corrected chi connectivity index (χ2v) is 6.37. The quantitative estimate of drug-likeness (QED) is 0.380. The number of hydrogen-bond donors (Lipinski definition) is 3. The van der Waals surface area contributed by atoms with Gasteiger partial charge < -0.3 is 20.1 Å². The average molecular weight is 357 g/mol. The van der Waals surface area contributed by atoms with Gasteiger partial charge in [-0.2, -0.15) is 0 Å². The molecule has 0 saturated carbocycles. The van der Waals surface area contributed by atoms with Crippen LogP contribution >= 0.6 is 0 Å². The maximum Gasteiger partial charge on any atom is 0.152 e.